The quantitative estimate of drug-likeness (QED) is 0.597. The highest BCUT2D eigenvalue weighted by Crippen LogP contribution is 2.07. The molecule has 2 N–H and O–H groups in total. The highest BCUT2D eigenvalue weighted by Gasteiger charge is 2.06. The van der Waals surface area contributed by atoms with E-state index in [0.717, 1.165) is 30.2 Å². The van der Waals surface area contributed by atoms with Crippen LogP contribution in [0.1, 0.15) is 23.4 Å². The Bertz CT molecular complexity index is 925. The Kier molecular flexibility index (Phi) is 6.14. The van der Waals surface area contributed by atoms with Gasteiger partial charge in [-0.05, 0) is 37.6 Å². The SMILES string of the molecule is Cc1cccc(Cc2cnc(NCCCN(C)c3ccccn3)[nH]c2=O)n1. The van der Waals surface area contributed by atoms with Crippen LogP contribution in [0, 0.1) is 6.92 Å². The molecule has 3 heterocycles. The molecule has 140 valence electrons. The van der Waals surface area contributed by atoms with Crippen LogP contribution in [-0.2, 0) is 6.42 Å². The molecule has 3 aromatic heterocycles. The maximum absolute atomic E-state index is 12.3. The lowest BCUT2D eigenvalue weighted by Crippen LogP contribution is -2.23. The number of hydrogen-bond donors (Lipinski definition) is 2. The second kappa shape index (κ2) is 8.93. The van der Waals surface area contributed by atoms with Crippen molar-refractivity contribution >= 4 is 11.8 Å². The third kappa shape index (κ3) is 5.37. The normalized spacial score (nSPS) is 10.6. The van der Waals surface area contributed by atoms with Gasteiger partial charge in [-0.1, -0.05) is 12.1 Å². The first-order chi connectivity index (χ1) is 13.1. The average molecular weight is 364 g/mol. The van der Waals surface area contributed by atoms with Gasteiger partial charge >= 0.3 is 0 Å². The molecule has 0 radical (unpaired) electrons. The van der Waals surface area contributed by atoms with Gasteiger partial charge in [0.25, 0.3) is 5.56 Å². The molecule has 0 saturated heterocycles. The third-order valence-electron chi connectivity index (χ3n) is 4.19. The lowest BCUT2D eigenvalue weighted by Gasteiger charge is -2.17. The molecule has 0 fully saturated rings. The highest BCUT2D eigenvalue weighted by atomic mass is 16.1. The largest absolute Gasteiger partial charge is 0.360 e. The van der Waals surface area contributed by atoms with Gasteiger partial charge < -0.3 is 10.2 Å². The summed E-state index contributed by atoms with van der Waals surface area (Å²) < 4.78 is 0. The van der Waals surface area contributed by atoms with Gasteiger partial charge in [0.2, 0.25) is 5.95 Å². The van der Waals surface area contributed by atoms with Crippen LogP contribution < -0.4 is 15.8 Å². The van der Waals surface area contributed by atoms with Crippen LogP contribution in [0.3, 0.4) is 0 Å². The minimum atomic E-state index is -0.138. The van der Waals surface area contributed by atoms with E-state index >= 15 is 0 Å². The van der Waals surface area contributed by atoms with Crippen molar-refractivity contribution in [2.75, 3.05) is 30.4 Å². The zero-order chi connectivity index (χ0) is 19.1. The zero-order valence-corrected chi connectivity index (χ0v) is 15.6. The van der Waals surface area contributed by atoms with Crippen LogP contribution in [0.2, 0.25) is 0 Å². The number of aryl methyl sites for hydroxylation is 1. The molecular weight excluding hydrogens is 340 g/mol. The molecule has 0 saturated carbocycles. The monoisotopic (exact) mass is 364 g/mol. The average Bonchev–Trinajstić information content (AvgIpc) is 2.68. The summed E-state index contributed by atoms with van der Waals surface area (Å²) in [5, 5.41) is 3.16. The summed E-state index contributed by atoms with van der Waals surface area (Å²) in [7, 11) is 2.01. The van der Waals surface area contributed by atoms with Gasteiger partial charge in [0.15, 0.2) is 0 Å². The summed E-state index contributed by atoms with van der Waals surface area (Å²) >= 11 is 0. The number of nitrogens with zero attached hydrogens (tertiary/aromatic N) is 4. The van der Waals surface area contributed by atoms with E-state index in [2.05, 4.69) is 30.2 Å². The molecule has 0 bridgehead atoms. The predicted molar refractivity (Wildman–Crippen MR) is 107 cm³/mol. The zero-order valence-electron chi connectivity index (χ0n) is 15.6. The molecule has 0 aliphatic rings. The van der Waals surface area contributed by atoms with Gasteiger partial charge in [-0.25, -0.2) is 9.97 Å². The van der Waals surface area contributed by atoms with Gasteiger partial charge in [-0.3, -0.25) is 14.8 Å². The summed E-state index contributed by atoms with van der Waals surface area (Å²) in [4.78, 5) is 30.2. The third-order valence-corrected chi connectivity index (χ3v) is 4.19. The van der Waals surface area contributed by atoms with Gasteiger partial charge in [0.05, 0.1) is 0 Å². The van der Waals surface area contributed by atoms with Crippen molar-refractivity contribution in [2.45, 2.75) is 19.8 Å². The first-order valence-corrected chi connectivity index (χ1v) is 8.98. The molecule has 0 aliphatic heterocycles. The smallest absolute Gasteiger partial charge is 0.255 e. The summed E-state index contributed by atoms with van der Waals surface area (Å²) in [5.41, 5.74) is 2.27. The molecule has 27 heavy (non-hydrogen) atoms. The molecule has 0 atom stereocenters. The van der Waals surface area contributed by atoms with Gasteiger partial charge in [0, 0.05) is 55.9 Å². The van der Waals surface area contributed by atoms with E-state index in [9.17, 15) is 4.79 Å². The van der Waals surface area contributed by atoms with Crippen molar-refractivity contribution in [3.8, 4) is 0 Å². The van der Waals surface area contributed by atoms with Crippen LogP contribution in [0.25, 0.3) is 0 Å². The molecule has 0 spiro atoms. The van der Waals surface area contributed by atoms with Gasteiger partial charge in [-0.15, -0.1) is 0 Å². The summed E-state index contributed by atoms with van der Waals surface area (Å²) in [6, 6.07) is 11.6. The number of aromatic nitrogens is 4. The van der Waals surface area contributed by atoms with Crippen LogP contribution in [0.4, 0.5) is 11.8 Å². The number of pyridine rings is 2. The number of rotatable bonds is 8. The first-order valence-electron chi connectivity index (χ1n) is 8.98. The van der Waals surface area contributed by atoms with Crippen LogP contribution >= 0.6 is 0 Å². The fraction of sp³-hybridized carbons (Fsp3) is 0.300. The minimum absolute atomic E-state index is 0.138. The lowest BCUT2D eigenvalue weighted by molar-refractivity contribution is 0.799. The minimum Gasteiger partial charge on any atom is -0.360 e. The van der Waals surface area contributed by atoms with Crippen molar-refractivity contribution < 1.29 is 0 Å². The van der Waals surface area contributed by atoms with Gasteiger partial charge in [-0.2, -0.15) is 0 Å². The molecule has 3 rings (SSSR count). The molecule has 7 nitrogen and oxygen atoms in total. The Balaban J connectivity index is 1.50. The molecule has 0 unspecified atom stereocenters. The maximum Gasteiger partial charge on any atom is 0.255 e. The van der Waals surface area contributed by atoms with E-state index in [0.29, 0.717) is 24.5 Å². The number of H-pyrrole nitrogens is 1. The maximum atomic E-state index is 12.3. The Hall–Kier alpha value is -3.22. The molecule has 0 aliphatic carbocycles. The van der Waals surface area contributed by atoms with Crippen molar-refractivity contribution in [3.63, 3.8) is 0 Å². The van der Waals surface area contributed by atoms with Crippen molar-refractivity contribution in [1.82, 2.24) is 19.9 Å². The second-order valence-corrected chi connectivity index (χ2v) is 6.42. The van der Waals surface area contributed by atoms with E-state index in [1.165, 1.54) is 0 Å². The van der Waals surface area contributed by atoms with Crippen molar-refractivity contribution in [3.05, 3.63) is 76.1 Å². The second-order valence-electron chi connectivity index (χ2n) is 6.42. The summed E-state index contributed by atoms with van der Waals surface area (Å²) in [5.74, 6) is 1.43. The number of nitrogens with one attached hydrogen (secondary N) is 2. The standard InChI is InChI=1S/C20H24N6O/c1-15-7-5-8-17(24-15)13-16-14-23-20(25-19(16)27)22-11-6-12-26(2)18-9-3-4-10-21-18/h3-5,7-10,14H,6,11-13H2,1-2H3,(H2,22,23,25,27). The number of hydrogen-bond acceptors (Lipinski definition) is 6. The van der Waals surface area contributed by atoms with Crippen LogP contribution in [0.5, 0.6) is 0 Å². The lowest BCUT2D eigenvalue weighted by atomic mass is 10.1. The molecular formula is C20H24N6O. The topological polar surface area (TPSA) is 86.8 Å². The van der Waals surface area contributed by atoms with Crippen molar-refractivity contribution in [1.29, 1.82) is 0 Å². The van der Waals surface area contributed by atoms with E-state index in [1.807, 2.05) is 50.4 Å². The summed E-state index contributed by atoms with van der Waals surface area (Å²) in [6.07, 6.45) is 4.77. The fourth-order valence-corrected chi connectivity index (χ4v) is 2.75. The number of anilines is 2. The first kappa shape index (κ1) is 18.6. The Morgan fingerprint density at radius 2 is 2.04 bits per heavy atom. The summed E-state index contributed by atoms with van der Waals surface area (Å²) in [6.45, 7) is 3.49. The number of aromatic amines is 1. The van der Waals surface area contributed by atoms with E-state index in [1.54, 1.807) is 12.4 Å². The Morgan fingerprint density at radius 3 is 2.78 bits per heavy atom. The molecule has 0 amide bonds. The highest BCUT2D eigenvalue weighted by molar-refractivity contribution is 5.36. The van der Waals surface area contributed by atoms with E-state index in [-0.39, 0.29) is 5.56 Å². The van der Waals surface area contributed by atoms with Crippen LogP contribution in [-0.4, -0.2) is 40.1 Å². The fourth-order valence-electron chi connectivity index (χ4n) is 2.75. The molecule has 0 aromatic carbocycles. The molecule has 3 aromatic rings. The predicted octanol–water partition coefficient (Wildman–Crippen LogP) is 2.40. The Morgan fingerprint density at radius 1 is 1.15 bits per heavy atom. The van der Waals surface area contributed by atoms with Crippen molar-refractivity contribution in [2.24, 2.45) is 0 Å². The Labute approximate surface area is 158 Å². The van der Waals surface area contributed by atoms with E-state index < -0.39 is 0 Å². The molecule has 7 heteroatoms. The van der Waals surface area contributed by atoms with Gasteiger partial charge in [0.1, 0.15) is 5.82 Å². The van der Waals surface area contributed by atoms with Crippen LogP contribution in [0.15, 0.2) is 53.6 Å². The van der Waals surface area contributed by atoms with E-state index in [4.69, 9.17) is 0 Å².